The highest BCUT2D eigenvalue weighted by Crippen LogP contribution is 2.07. The highest BCUT2D eigenvalue weighted by atomic mass is 35.5. The van der Waals surface area contributed by atoms with Crippen LogP contribution in [0.25, 0.3) is 0 Å². The van der Waals surface area contributed by atoms with Gasteiger partial charge < -0.3 is 4.74 Å². The summed E-state index contributed by atoms with van der Waals surface area (Å²) in [6.07, 6.45) is 4.23. The molecule has 1 fully saturated rings. The van der Waals surface area contributed by atoms with Crippen LogP contribution in [0.2, 0.25) is 0 Å². The van der Waals surface area contributed by atoms with Gasteiger partial charge in [0.15, 0.2) is 0 Å². The molecule has 0 bridgehead atoms. The predicted molar refractivity (Wildman–Crippen MR) is 51.7 cm³/mol. The van der Waals surface area contributed by atoms with Crippen molar-refractivity contribution in [3.8, 4) is 0 Å². The first-order chi connectivity index (χ1) is 5.88. The summed E-state index contributed by atoms with van der Waals surface area (Å²) >= 11 is 5.81. The zero-order chi connectivity index (χ0) is 8.81. The largest absolute Gasteiger partial charge is 0.378 e. The van der Waals surface area contributed by atoms with Crippen LogP contribution >= 0.6 is 11.6 Å². The molecule has 0 spiro atoms. The highest BCUT2D eigenvalue weighted by molar-refractivity contribution is 6.18. The molecule has 0 N–H and O–H groups in total. The number of ether oxygens (including phenoxy) is 1. The van der Waals surface area contributed by atoms with Gasteiger partial charge in [0.25, 0.3) is 0 Å². The Bertz CT molecular complexity index is 149. The third-order valence-corrected chi connectivity index (χ3v) is 2.46. The van der Waals surface area contributed by atoms with Crippen LogP contribution in [-0.4, -0.2) is 43.1 Å². The molecule has 1 atom stereocenters. The van der Waals surface area contributed by atoms with Crippen molar-refractivity contribution >= 4 is 11.6 Å². The molecule has 1 rings (SSSR count). The molecule has 0 aliphatic carbocycles. The summed E-state index contributed by atoms with van der Waals surface area (Å²) in [4.78, 5) is 2.36. The van der Waals surface area contributed by atoms with Gasteiger partial charge in [0.1, 0.15) is 0 Å². The number of allylic oxidation sites excluding steroid dienone is 1. The summed E-state index contributed by atoms with van der Waals surface area (Å²) < 4.78 is 5.33. The molecular weight excluding hydrogens is 174 g/mol. The van der Waals surface area contributed by atoms with Crippen molar-refractivity contribution in [3.63, 3.8) is 0 Å². The second kappa shape index (κ2) is 5.57. The summed E-state index contributed by atoms with van der Waals surface area (Å²) in [7, 11) is 0. The lowest BCUT2D eigenvalue weighted by atomic mass is 10.2. The number of hydrogen-bond acceptors (Lipinski definition) is 2. The van der Waals surface area contributed by atoms with E-state index in [1.165, 1.54) is 0 Å². The van der Waals surface area contributed by atoms with Crippen LogP contribution in [0, 0.1) is 0 Å². The summed E-state index contributed by atoms with van der Waals surface area (Å²) in [6.45, 7) is 5.65. The lowest BCUT2D eigenvalue weighted by Gasteiger charge is -2.33. The molecule has 0 aromatic heterocycles. The summed E-state index contributed by atoms with van der Waals surface area (Å²) in [5.74, 6) is 0.664. The molecule has 1 aliphatic rings. The van der Waals surface area contributed by atoms with Crippen LogP contribution in [0.3, 0.4) is 0 Å². The Kier molecular flexibility index (Phi) is 4.66. The standard InChI is InChI=1S/C9H16ClNO/c1-2-3-4-11-5-6-12-8-9(11)7-10/h2-3,9H,4-8H2,1H3/b3-2+. The number of nitrogens with zero attached hydrogens (tertiary/aromatic N) is 1. The molecule has 0 amide bonds. The van der Waals surface area contributed by atoms with Crippen LogP contribution in [-0.2, 0) is 4.74 Å². The lowest BCUT2D eigenvalue weighted by Crippen LogP contribution is -2.46. The monoisotopic (exact) mass is 189 g/mol. The van der Waals surface area contributed by atoms with E-state index in [1.807, 2.05) is 6.92 Å². The SMILES string of the molecule is C/C=C/CN1CCOCC1CCl. The van der Waals surface area contributed by atoms with Gasteiger partial charge in [0, 0.05) is 25.0 Å². The van der Waals surface area contributed by atoms with Crippen molar-refractivity contribution in [3.05, 3.63) is 12.2 Å². The molecule has 1 unspecified atom stereocenters. The molecule has 0 radical (unpaired) electrons. The zero-order valence-corrected chi connectivity index (χ0v) is 8.26. The van der Waals surface area contributed by atoms with Crippen molar-refractivity contribution in [2.45, 2.75) is 13.0 Å². The van der Waals surface area contributed by atoms with Gasteiger partial charge in [-0.3, -0.25) is 4.90 Å². The van der Waals surface area contributed by atoms with Gasteiger partial charge >= 0.3 is 0 Å². The Morgan fingerprint density at radius 2 is 2.50 bits per heavy atom. The van der Waals surface area contributed by atoms with E-state index in [4.69, 9.17) is 16.3 Å². The minimum atomic E-state index is 0.400. The molecule has 0 aromatic carbocycles. The van der Waals surface area contributed by atoms with Crippen LogP contribution in [0.1, 0.15) is 6.92 Å². The molecule has 2 nitrogen and oxygen atoms in total. The van der Waals surface area contributed by atoms with Gasteiger partial charge in [-0.2, -0.15) is 0 Å². The number of halogens is 1. The van der Waals surface area contributed by atoms with Crippen LogP contribution in [0.15, 0.2) is 12.2 Å². The van der Waals surface area contributed by atoms with Gasteiger partial charge in [-0.1, -0.05) is 12.2 Å². The van der Waals surface area contributed by atoms with Crippen molar-refractivity contribution in [2.24, 2.45) is 0 Å². The fourth-order valence-corrected chi connectivity index (χ4v) is 1.60. The first-order valence-corrected chi connectivity index (χ1v) is 4.91. The summed E-state index contributed by atoms with van der Waals surface area (Å²) in [5.41, 5.74) is 0. The molecule has 1 heterocycles. The molecule has 0 aromatic rings. The van der Waals surface area contributed by atoms with Gasteiger partial charge in [0.2, 0.25) is 0 Å². The van der Waals surface area contributed by atoms with Crippen LogP contribution < -0.4 is 0 Å². The number of morpholine rings is 1. The maximum atomic E-state index is 5.81. The van der Waals surface area contributed by atoms with E-state index in [0.717, 1.165) is 26.3 Å². The second-order valence-corrected chi connectivity index (χ2v) is 3.26. The average molecular weight is 190 g/mol. The molecule has 3 heteroatoms. The maximum absolute atomic E-state index is 5.81. The molecule has 12 heavy (non-hydrogen) atoms. The topological polar surface area (TPSA) is 12.5 Å². The van der Waals surface area contributed by atoms with Gasteiger partial charge in [-0.15, -0.1) is 11.6 Å². The molecule has 70 valence electrons. The maximum Gasteiger partial charge on any atom is 0.0634 e. The number of hydrogen-bond donors (Lipinski definition) is 0. The van der Waals surface area contributed by atoms with Crippen molar-refractivity contribution < 1.29 is 4.74 Å². The average Bonchev–Trinajstić information content (AvgIpc) is 2.15. The Morgan fingerprint density at radius 3 is 3.17 bits per heavy atom. The summed E-state index contributed by atoms with van der Waals surface area (Å²) in [5, 5.41) is 0. The first-order valence-electron chi connectivity index (χ1n) is 4.37. The molecule has 1 aliphatic heterocycles. The third kappa shape index (κ3) is 2.77. The van der Waals surface area contributed by atoms with Crippen molar-refractivity contribution in [1.29, 1.82) is 0 Å². The minimum absolute atomic E-state index is 0.400. The van der Waals surface area contributed by atoms with E-state index in [0.29, 0.717) is 11.9 Å². The van der Waals surface area contributed by atoms with Crippen LogP contribution in [0.4, 0.5) is 0 Å². The normalized spacial score (nSPS) is 26.7. The van der Waals surface area contributed by atoms with E-state index in [1.54, 1.807) is 0 Å². The zero-order valence-electron chi connectivity index (χ0n) is 7.50. The fourth-order valence-electron chi connectivity index (χ4n) is 1.31. The second-order valence-electron chi connectivity index (χ2n) is 2.95. The summed E-state index contributed by atoms with van der Waals surface area (Å²) in [6, 6.07) is 0.400. The van der Waals surface area contributed by atoms with Gasteiger partial charge in [0.05, 0.1) is 13.2 Å². The Balaban J connectivity index is 2.36. The Labute approximate surface area is 79.1 Å². The van der Waals surface area contributed by atoms with E-state index < -0.39 is 0 Å². The first kappa shape index (κ1) is 10.0. The fraction of sp³-hybridized carbons (Fsp3) is 0.778. The smallest absolute Gasteiger partial charge is 0.0634 e. The number of alkyl halides is 1. The van der Waals surface area contributed by atoms with E-state index in [2.05, 4.69) is 17.1 Å². The van der Waals surface area contributed by atoms with E-state index in [-0.39, 0.29) is 0 Å². The quantitative estimate of drug-likeness (QED) is 0.493. The Hall–Kier alpha value is -0.0500. The molecule has 1 saturated heterocycles. The highest BCUT2D eigenvalue weighted by Gasteiger charge is 2.20. The van der Waals surface area contributed by atoms with Gasteiger partial charge in [-0.25, -0.2) is 0 Å². The van der Waals surface area contributed by atoms with Crippen molar-refractivity contribution in [1.82, 2.24) is 4.90 Å². The third-order valence-electron chi connectivity index (χ3n) is 2.10. The predicted octanol–water partition coefficient (Wildman–Crippen LogP) is 1.50. The van der Waals surface area contributed by atoms with Crippen molar-refractivity contribution in [2.75, 3.05) is 32.2 Å². The van der Waals surface area contributed by atoms with Gasteiger partial charge in [-0.05, 0) is 6.92 Å². The molecule has 0 saturated carbocycles. The minimum Gasteiger partial charge on any atom is -0.378 e. The molecular formula is C9H16ClNO. The van der Waals surface area contributed by atoms with E-state index in [9.17, 15) is 0 Å². The van der Waals surface area contributed by atoms with E-state index >= 15 is 0 Å². The Morgan fingerprint density at radius 1 is 1.67 bits per heavy atom. The lowest BCUT2D eigenvalue weighted by molar-refractivity contribution is 0.00686. The number of rotatable bonds is 3. The van der Waals surface area contributed by atoms with Crippen LogP contribution in [0.5, 0.6) is 0 Å².